The second-order valence-electron chi connectivity index (χ2n) is 4.66. The molecule has 0 bridgehead atoms. The van der Waals surface area contributed by atoms with Gasteiger partial charge in [0, 0.05) is 12.6 Å². The van der Waals surface area contributed by atoms with Crippen molar-refractivity contribution in [3.63, 3.8) is 0 Å². The Morgan fingerprint density at radius 2 is 1.93 bits per heavy atom. The van der Waals surface area contributed by atoms with E-state index in [-0.39, 0.29) is 6.23 Å². The van der Waals surface area contributed by atoms with Gasteiger partial charge >= 0.3 is 0 Å². The molecular weight excluding hydrogens is 188 g/mol. The fourth-order valence-corrected chi connectivity index (χ4v) is 2.43. The summed E-state index contributed by atoms with van der Waals surface area (Å²) >= 11 is 0. The Labute approximate surface area is 93.8 Å². The number of hydrogen-bond acceptors (Lipinski definition) is 3. The van der Waals surface area contributed by atoms with Gasteiger partial charge in [-0.05, 0) is 32.6 Å². The van der Waals surface area contributed by atoms with Gasteiger partial charge < -0.3 is 10.5 Å². The smallest absolute Gasteiger partial charge is 0.105 e. The number of nitrogens with two attached hydrogens (primary N) is 1. The lowest BCUT2D eigenvalue weighted by molar-refractivity contribution is 0.0325. The summed E-state index contributed by atoms with van der Waals surface area (Å²) in [5.74, 6) is 0.836. The monoisotopic (exact) mass is 214 g/mol. The summed E-state index contributed by atoms with van der Waals surface area (Å²) in [7, 11) is 0. The molecule has 1 fully saturated rings. The highest BCUT2D eigenvalue weighted by Gasteiger charge is 2.20. The Balaban J connectivity index is 2.17. The number of rotatable bonds is 6. The van der Waals surface area contributed by atoms with Crippen molar-refractivity contribution in [2.24, 2.45) is 11.7 Å². The zero-order valence-electron chi connectivity index (χ0n) is 10.2. The van der Waals surface area contributed by atoms with Crippen LogP contribution in [0.1, 0.15) is 46.0 Å². The van der Waals surface area contributed by atoms with Crippen LogP contribution in [0, 0.1) is 5.92 Å². The van der Waals surface area contributed by atoms with E-state index in [0.717, 1.165) is 5.92 Å². The van der Waals surface area contributed by atoms with Gasteiger partial charge in [-0.3, -0.25) is 5.32 Å². The Bertz CT molecular complexity index is 158. The Morgan fingerprint density at radius 3 is 2.53 bits per heavy atom. The largest absolute Gasteiger partial charge is 0.362 e. The molecule has 15 heavy (non-hydrogen) atoms. The average Bonchev–Trinajstić information content (AvgIpc) is 2.27. The van der Waals surface area contributed by atoms with Crippen LogP contribution in [-0.2, 0) is 4.74 Å². The van der Waals surface area contributed by atoms with E-state index in [0.29, 0.717) is 19.2 Å². The fraction of sp³-hybridized carbons (Fsp3) is 1.00. The van der Waals surface area contributed by atoms with E-state index in [1.807, 2.05) is 0 Å². The van der Waals surface area contributed by atoms with Gasteiger partial charge in [-0.25, -0.2) is 0 Å². The van der Waals surface area contributed by atoms with Crippen molar-refractivity contribution < 1.29 is 4.74 Å². The van der Waals surface area contributed by atoms with Crippen LogP contribution in [-0.4, -0.2) is 25.4 Å². The van der Waals surface area contributed by atoms with Crippen LogP contribution in [0.5, 0.6) is 0 Å². The highest BCUT2D eigenvalue weighted by molar-refractivity contribution is 4.76. The third-order valence-corrected chi connectivity index (χ3v) is 3.34. The maximum absolute atomic E-state index is 5.52. The molecule has 1 aliphatic carbocycles. The predicted octanol–water partition coefficient (Wildman–Crippen LogP) is 1.87. The van der Waals surface area contributed by atoms with Crippen molar-refractivity contribution in [1.82, 2.24) is 5.32 Å². The first-order valence-electron chi connectivity index (χ1n) is 6.31. The molecule has 0 aliphatic heterocycles. The first-order valence-corrected chi connectivity index (χ1v) is 6.31. The fourth-order valence-electron chi connectivity index (χ4n) is 2.43. The van der Waals surface area contributed by atoms with Crippen molar-refractivity contribution in [2.75, 3.05) is 13.2 Å². The van der Waals surface area contributed by atoms with E-state index < -0.39 is 0 Å². The average molecular weight is 214 g/mol. The molecule has 0 aromatic rings. The van der Waals surface area contributed by atoms with Crippen molar-refractivity contribution >= 4 is 0 Å². The maximum Gasteiger partial charge on any atom is 0.105 e. The van der Waals surface area contributed by atoms with Crippen LogP contribution in [0.25, 0.3) is 0 Å². The topological polar surface area (TPSA) is 47.3 Å². The van der Waals surface area contributed by atoms with Crippen molar-refractivity contribution in [3.05, 3.63) is 0 Å². The zero-order chi connectivity index (χ0) is 11.1. The molecule has 3 nitrogen and oxygen atoms in total. The molecule has 90 valence electrons. The Morgan fingerprint density at radius 1 is 1.27 bits per heavy atom. The molecule has 0 aromatic heterocycles. The van der Waals surface area contributed by atoms with E-state index >= 15 is 0 Å². The molecule has 0 spiro atoms. The number of nitrogens with one attached hydrogen (secondary N) is 1. The number of hydrogen-bond donors (Lipinski definition) is 2. The highest BCUT2D eigenvalue weighted by Crippen LogP contribution is 2.26. The lowest BCUT2D eigenvalue weighted by atomic mass is 9.84. The second-order valence-corrected chi connectivity index (χ2v) is 4.66. The van der Waals surface area contributed by atoms with E-state index in [1.165, 1.54) is 32.1 Å². The van der Waals surface area contributed by atoms with E-state index in [4.69, 9.17) is 10.5 Å². The third-order valence-electron chi connectivity index (χ3n) is 3.34. The van der Waals surface area contributed by atoms with Crippen LogP contribution in [0.2, 0.25) is 0 Å². The highest BCUT2D eigenvalue weighted by atomic mass is 16.5. The first-order chi connectivity index (χ1) is 7.24. The van der Waals surface area contributed by atoms with Crippen molar-refractivity contribution in [2.45, 2.75) is 58.2 Å². The van der Waals surface area contributed by atoms with Crippen LogP contribution in [0.3, 0.4) is 0 Å². The van der Waals surface area contributed by atoms with Gasteiger partial charge in [0.15, 0.2) is 0 Å². The molecule has 1 aliphatic rings. The van der Waals surface area contributed by atoms with Gasteiger partial charge in [0.05, 0.1) is 6.61 Å². The zero-order valence-corrected chi connectivity index (χ0v) is 10.2. The molecule has 1 rings (SSSR count). The van der Waals surface area contributed by atoms with Crippen LogP contribution < -0.4 is 11.1 Å². The van der Waals surface area contributed by atoms with Crippen LogP contribution in [0.4, 0.5) is 0 Å². The molecule has 0 aromatic carbocycles. The SMILES string of the molecule is CC(NC(C)C1CCCCC1)OCCN. The summed E-state index contributed by atoms with van der Waals surface area (Å²) in [6.45, 7) is 5.59. The molecule has 0 heterocycles. The summed E-state index contributed by atoms with van der Waals surface area (Å²) in [5.41, 5.74) is 5.40. The van der Waals surface area contributed by atoms with E-state index in [9.17, 15) is 0 Å². The summed E-state index contributed by atoms with van der Waals surface area (Å²) in [4.78, 5) is 0. The van der Waals surface area contributed by atoms with Gasteiger partial charge in [-0.1, -0.05) is 19.3 Å². The number of ether oxygens (including phenoxy) is 1. The molecule has 2 unspecified atom stereocenters. The predicted molar refractivity (Wildman–Crippen MR) is 63.6 cm³/mol. The summed E-state index contributed by atoms with van der Waals surface area (Å²) < 4.78 is 5.52. The summed E-state index contributed by atoms with van der Waals surface area (Å²) in [6.07, 6.45) is 7.09. The second kappa shape index (κ2) is 7.20. The molecule has 0 radical (unpaired) electrons. The molecule has 2 atom stereocenters. The summed E-state index contributed by atoms with van der Waals surface area (Å²) in [5, 5.41) is 3.51. The van der Waals surface area contributed by atoms with Gasteiger partial charge in [0.2, 0.25) is 0 Å². The van der Waals surface area contributed by atoms with Crippen molar-refractivity contribution in [1.29, 1.82) is 0 Å². The Kier molecular flexibility index (Phi) is 6.22. The molecule has 1 saturated carbocycles. The molecule has 3 N–H and O–H groups in total. The third kappa shape index (κ3) is 4.96. The minimum Gasteiger partial charge on any atom is -0.362 e. The maximum atomic E-state index is 5.52. The van der Waals surface area contributed by atoms with Gasteiger partial charge in [-0.15, -0.1) is 0 Å². The first kappa shape index (κ1) is 12.9. The molecule has 0 saturated heterocycles. The van der Waals surface area contributed by atoms with Gasteiger partial charge in [0.25, 0.3) is 0 Å². The lowest BCUT2D eigenvalue weighted by Gasteiger charge is -2.30. The Hall–Kier alpha value is -0.120. The van der Waals surface area contributed by atoms with E-state index in [2.05, 4.69) is 19.2 Å². The normalized spacial score (nSPS) is 22.6. The lowest BCUT2D eigenvalue weighted by Crippen LogP contribution is -2.42. The molecular formula is C12H26N2O. The quantitative estimate of drug-likeness (QED) is 0.664. The van der Waals surface area contributed by atoms with Crippen LogP contribution in [0.15, 0.2) is 0 Å². The minimum atomic E-state index is 0.130. The standard InChI is InChI=1S/C12H26N2O/c1-10(12-6-4-3-5-7-12)14-11(2)15-9-8-13/h10-12,14H,3-9,13H2,1-2H3. The molecule has 3 heteroatoms. The minimum absolute atomic E-state index is 0.130. The van der Waals surface area contributed by atoms with E-state index in [1.54, 1.807) is 0 Å². The molecule has 0 amide bonds. The van der Waals surface area contributed by atoms with Crippen molar-refractivity contribution in [3.8, 4) is 0 Å². The summed E-state index contributed by atoms with van der Waals surface area (Å²) in [6, 6.07) is 0.568. The van der Waals surface area contributed by atoms with Gasteiger partial charge in [-0.2, -0.15) is 0 Å². The van der Waals surface area contributed by atoms with Crippen LogP contribution >= 0.6 is 0 Å². The van der Waals surface area contributed by atoms with Gasteiger partial charge in [0.1, 0.15) is 6.23 Å².